The van der Waals surface area contributed by atoms with Crippen LogP contribution in [0, 0.1) is 13.8 Å². The summed E-state index contributed by atoms with van der Waals surface area (Å²) in [5.74, 6) is -0.255. The van der Waals surface area contributed by atoms with Crippen molar-refractivity contribution in [3.8, 4) is 0 Å². The maximum atomic E-state index is 12.4. The molecule has 3 nitrogen and oxygen atoms in total. The number of rotatable bonds is 3. The van der Waals surface area contributed by atoms with Gasteiger partial charge < -0.3 is 4.74 Å². The van der Waals surface area contributed by atoms with Crippen molar-refractivity contribution < 1.29 is 14.3 Å². The van der Waals surface area contributed by atoms with Crippen molar-refractivity contribution in [2.45, 2.75) is 59.5 Å². The molecule has 0 fully saturated rings. The average molecular weight is 276 g/mol. The zero-order valence-corrected chi connectivity index (χ0v) is 13.5. The molecule has 0 spiro atoms. The van der Waals surface area contributed by atoms with Crippen LogP contribution in [0.5, 0.6) is 0 Å². The predicted molar refractivity (Wildman–Crippen MR) is 80.2 cm³/mol. The van der Waals surface area contributed by atoms with E-state index in [1.54, 1.807) is 12.1 Å². The molecule has 0 unspecified atom stereocenters. The molecule has 0 aliphatic carbocycles. The van der Waals surface area contributed by atoms with E-state index in [1.807, 2.05) is 48.5 Å². The van der Waals surface area contributed by atoms with E-state index in [-0.39, 0.29) is 5.97 Å². The smallest absolute Gasteiger partial charge is 0.316 e. The Kier molecular flexibility index (Phi) is 4.42. The standard InChI is InChI=1S/C17H24O3/c1-11-8-13(10-18)9-12(2)14(11)17(6,7)15(19)20-16(3,4)5/h8-10H,1-7H3. The Morgan fingerprint density at radius 1 is 1.05 bits per heavy atom. The van der Waals surface area contributed by atoms with Crippen LogP contribution < -0.4 is 0 Å². The molecule has 0 aliphatic heterocycles. The summed E-state index contributed by atoms with van der Waals surface area (Å²) in [5, 5.41) is 0. The summed E-state index contributed by atoms with van der Waals surface area (Å²) in [6, 6.07) is 3.61. The highest BCUT2D eigenvalue weighted by Gasteiger charge is 2.36. The number of aryl methyl sites for hydroxylation is 2. The molecule has 0 aliphatic rings. The highest BCUT2D eigenvalue weighted by molar-refractivity contribution is 5.84. The van der Waals surface area contributed by atoms with Gasteiger partial charge in [0.2, 0.25) is 0 Å². The SMILES string of the molecule is Cc1cc(C=O)cc(C)c1C(C)(C)C(=O)OC(C)(C)C. The van der Waals surface area contributed by atoms with Crippen molar-refractivity contribution in [3.63, 3.8) is 0 Å². The van der Waals surface area contributed by atoms with Gasteiger partial charge in [-0.1, -0.05) is 0 Å². The van der Waals surface area contributed by atoms with Crippen molar-refractivity contribution in [1.82, 2.24) is 0 Å². The number of esters is 1. The summed E-state index contributed by atoms with van der Waals surface area (Å²) >= 11 is 0. The van der Waals surface area contributed by atoms with Gasteiger partial charge in [-0.25, -0.2) is 0 Å². The summed E-state index contributed by atoms with van der Waals surface area (Å²) in [6.45, 7) is 13.1. The second-order valence-electron chi connectivity index (χ2n) is 6.77. The van der Waals surface area contributed by atoms with Crippen LogP contribution >= 0.6 is 0 Å². The first kappa shape index (κ1) is 16.4. The van der Waals surface area contributed by atoms with Crippen molar-refractivity contribution in [2.75, 3.05) is 0 Å². The Labute approximate surface area is 121 Å². The van der Waals surface area contributed by atoms with Crippen molar-refractivity contribution in [3.05, 3.63) is 34.4 Å². The van der Waals surface area contributed by atoms with E-state index >= 15 is 0 Å². The molecule has 1 aromatic carbocycles. The van der Waals surface area contributed by atoms with E-state index in [1.165, 1.54) is 0 Å². The predicted octanol–water partition coefficient (Wildman–Crippen LogP) is 3.74. The third-order valence-electron chi connectivity index (χ3n) is 3.23. The lowest BCUT2D eigenvalue weighted by atomic mass is 9.78. The van der Waals surface area contributed by atoms with Crippen molar-refractivity contribution in [1.29, 1.82) is 0 Å². The van der Waals surface area contributed by atoms with Crippen LogP contribution in [0.2, 0.25) is 0 Å². The molecule has 0 atom stereocenters. The summed E-state index contributed by atoms with van der Waals surface area (Å²) in [4.78, 5) is 23.3. The zero-order chi connectivity index (χ0) is 15.7. The molecule has 1 rings (SSSR count). The minimum absolute atomic E-state index is 0.255. The fourth-order valence-corrected chi connectivity index (χ4v) is 2.56. The molecule has 0 aromatic heterocycles. The van der Waals surface area contributed by atoms with E-state index in [2.05, 4.69) is 0 Å². The van der Waals surface area contributed by atoms with E-state index < -0.39 is 11.0 Å². The fraction of sp³-hybridized carbons (Fsp3) is 0.529. The molecule has 0 bridgehead atoms. The Bertz CT molecular complexity index is 511. The number of hydrogen-bond acceptors (Lipinski definition) is 3. The molecule has 0 heterocycles. The average Bonchev–Trinajstić information content (AvgIpc) is 2.24. The lowest BCUT2D eigenvalue weighted by Gasteiger charge is -2.31. The zero-order valence-electron chi connectivity index (χ0n) is 13.5. The highest BCUT2D eigenvalue weighted by Crippen LogP contribution is 2.32. The molecule has 0 N–H and O–H groups in total. The van der Waals surface area contributed by atoms with Gasteiger partial charge in [0, 0.05) is 5.56 Å². The Hall–Kier alpha value is -1.64. The largest absolute Gasteiger partial charge is 0.459 e. The summed E-state index contributed by atoms with van der Waals surface area (Å²) in [7, 11) is 0. The van der Waals surface area contributed by atoms with Gasteiger partial charge in [-0.2, -0.15) is 0 Å². The molecule has 0 radical (unpaired) electrons. The van der Waals surface area contributed by atoms with Gasteiger partial charge in [-0.05, 0) is 77.3 Å². The van der Waals surface area contributed by atoms with Crippen molar-refractivity contribution >= 4 is 12.3 Å². The van der Waals surface area contributed by atoms with Gasteiger partial charge in [-0.15, -0.1) is 0 Å². The lowest BCUT2D eigenvalue weighted by molar-refractivity contribution is -0.160. The number of carbonyl (C=O) groups excluding carboxylic acids is 2. The highest BCUT2D eigenvalue weighted by atomic mass is 16.6. The summed E-state index contributed by atoms with van der Waals surface area (Å²) in [5.41, 5.74) is 2.16. The van der Waals surface area contributed by atoms with Crippen LogP contribution in [0.4, 0.5) is 0 Å². The monoisotopic (exact) mass is 276 g/mol. The van der Waals surface area contributed by atoms with E-state index in [0.29, 0.717) is 5.56 Å². The van der Waals surface area contributed by atoms with E-state index in [4.69, 9.17) is 4.74 Å². The molecular formula is C17H24O3. The molecule has 0 saturated carbocycles. The number of benzene rings is 1. The number of hydrogen-bond donors (Lipinski definition) is 0. The maximum absolute atomic E-state index is 12.4. The van der Waals surface area contributed by atoms with Gasteiger partial charge in [0.1, 0.15) is 11.9 Å². The molecule has 20 heavy (non-hydrogen) atoms. The minimum atomic E-state index is -0.747. The first-order valence-electron chi connectivity index (χ1n) is 6.79. The molecule has 0 saturated heterocycles. The minimum Gasteiger partial charge on any atom is -0.459 e. The third-order valence-corrected chi connectivity index (χ3v) is 3.23. The van der Waals surface area contributed by atoms with Gasteiger partial charge in [0.25, 0.3) is 0 Å². The van der Waals surface area contributed by atoms with E-state index in [9.17, 15) is 9.59 Å². The van der Waals surface area contributed by atoms with Crippen LogP contribution in [0.1, 0.15) is 61.7 Å². The molecule has 0 amide bonds. The second-order valence-corrected chi connectivity index (χ2v) is 6.77. The topological polar surface area (TPSA) is 43.4 Å². The van der Waals surface area contributed by atoms with Gasteiger partial charge in [0.05, 0.1) is 5.41 Å². The van der Waals surface area contributed by atoms with Gasteiger partial charge in [0.15, 0.2) is 0 Å². The van der Waals surface area contributed by atoms with Crippen LogP contribution in [-0.4, -0.2) is 17.9 Å². The van der Waals surface area contributed by atoms with Crippen molar-refractivity contribution in [2.24, 2.45) is 0 Å². The van der Waals surface area contributed by atoms with Crippen LogP contribution in [0.25, 0.3) is 0 Å². The Morgan fingerprint density at radius 2 is 1.50 bits per heavy atom. The quantitative estimate of drug-likeness (QED) is 0.624. The molecule has 1 aromatic rings. The first-order valence-corrected chi connectivity index (χ1v) is 6.79. The molecular weight excluding hydrogens is 252 g/mol. The molecule has 3 heteroatoms. The second kappa shape index (κ2) is 5.39. The summed E-state index contributed by atoms with van der Waals surface area (Å²) < 4.78 is 5.52. The number of ether oxygens (including phenoxy) is 1. The van der Waals surface area contributed by atoms with Crippen LogP contribution in [0.15, 0.2) is 12.1 Å². The van der Waals surface area contributed by atoms with Crippen LogP contribution in [-0.2, 0) is 14.9 Å². The van der Waals surface area contributed by atoms with Gasteiger partial charge >= 0.3 is 5.97 Å². The normalized spacial score (nSPS) is 12.2. The van der Waals surface area contributed by atoms with Crippen LogP contribution in [0.3, 0.4) is 0 Å². The van der Waals surface area contributed by atoms with Gasteiger partial charge in [-0.3, -0.25) is 9.59 Å². The maximum Gasteiger partial charge on any atom is 0.316 e. The molecule has 110 valence electrons. The first-order chi connectivity index (χ1) is 8.99. The van der Waals surface area contributed by atoms with E-state index in [0.717, 1.165) is 23.0 Å². The number of carbonyl (C=O) groups is 2. The summed E-state index contributed by atoms with van der Waals surface area (Å²) in [6.07, 6.45) is 0.824. The third kappa shape index (κ3) is 3.47. The Morgan fingerprint density at radius 3 is 1.85 bits per heavy atom. The lowest BCUT2D eigenvalue weighted by Crippen LogP contribution is -2.37. The Balaban J connectivity index is 3.28. The number of aldehydes is 1. The fourth-order valence-electron chi connectivity index (χ4n) is 2.56.